The number of aryl methyl sites for hydroxylation is 3. The maximum absolute atomic E-state index is 13.8. The number of hydrogen-bond donors (Lipinski definition) is 0. The molecular weight excluding hydrogens is 548 g/mol. The molecule has 6 rings (SSSR count). The molecule has 0 saturated heterocycles. The lowest BCUT2D eigenvalue weighted by Gasteiger charge is -2.21. The first-order valence-corrected chi connectivity index (χ1v) is 16.3. The van der Waals surface area contributed by atoms with Gasteiger partial charge in [0.15, 0.2) is 0 Å². The Morgan fingerprint density at radius 2 is 1.86 bits per heavy atom. The van der Waals surface area contributed by atoms with Crippen molar-refractivity contribution in [2.24, 2.45) is 7.05 Å². The minimum absolute atomic E-state index is 0.0198. The molecule has 6 nitrogen and oxygen atoms in total. The van der Waals surface area contributed by atoms with Gasteiger partial charge in [0.1, 0.15) is 5.75 Å². The van der Waals surface area contributed by atoms with E-state index in [4.69, 9.17) is 19.3 Å². The fraction of sp³-hybridized carbons (Fsp3) is 0.421. The number of aromatic nitrogens is 2. The van der Waals surface area contributed by atoms with Crippen LogP contribution >= 0.6 is 0 Å². The quantitative estimate of drug-likeness (QED) is 0.144. The average Bonchev–Trinajstić information content (AvgIpc) is 3.49. The molecule has 2 aliphatic rings. The van der Waals surface area contributed by atoms with Crippen LogP contribution in [0.4, 0.5) is 0 Å². The van der Waals surface area contributed by atoms with Crippen LogP contribution in [-0.4, -0.2) is 35.6 Å². The Balaban J connectivity index is 1.41. The number of esters is 1. The van der Waals surface area contributed by atoms with E-state index >= 15 is 0 Å². The van der Waals surface area contributed by atoms with Gasteiger partial charge in [0.05, 0.1) is 31.2 Å². The predicted octanol–water partition coefficient (Wildman–Crippen LogP) is 8.47. The van der Waals surface area contributed by atoms with Gasteiger partial charge in [-0.15, -0.1) is 0 Å². The molecule has 0 spiro atoms. The third-order valence-corrected chi connectivity index (χ3v) is 9.12. The highest BCUT2D eigenvalue weighted by atomic mass is 16.5. The number of carbonyl (C=O) groups excluding carboxylic acids is 1. The molecule has 4 aromatic rings. The van der Waals surface area contributed by atoms with Gasteiger partial charge in [-0.3, -0.25) is 4.68 Å². The van der Waals surface area contributed by atoms with E-state index in [2.05, 4.69) is 50.2 Å². The van der Waals surface area contributed by atoms with Crippen LogP contribution in [-0.2, 0) is 34.3 Å². The summed E-state index contributed by atoms with van der Waals surface area (Å²) >= 11 is 0. The fourth-order valence-corrected chi connectivity index (χ4v) is 7.18. The Hall–Kier alpha value is -3.90. The summed E-state index contributed by atoms with van der Waals surface area (Å²) in [7, 11) is 2.03. The van der Waals surface area contributed by atoms with Crippen molar-refractivity contribution in [2.45, 2.75) is 78.2 Å². The molecule has 1 aromatic heterocycles. The topological polar surface area (TPSA) is 62.6 Å². The SMILES string of the molecule is CCCc1nn(C)c2c1-c1c(C)ccc3c1C(CCCCOC2)C(C(=O)OCC)=C3CCCOc1cccc2ccccc12. The zero-order chi connectivity index (χ0) is 30.6. The van der Waals surface area contributed by atoms with Gasteiger partial charge < -0.3 is 14.2 Å². The van der Waals surface area contributed by atoms with Crippen molar-refractivity contribution in [3.8, 4) is 16.9 Å². The van der Waals surface area contributed by atoms with E-state index in [0.717, 1.165) is 78.6 Å². The second kappa shape index (κ2) is 13.4. The molecule has 230 valence electrons. The molecule has 0 N–H and O–H groups in total. The molecule has 1 aliphatic carbocycles. The standard InChI is InChI=1S/C38H44N2O4/c1-5-13-31-37-32(40(4)39-31)24-42-22-10-9-17-30-35-29(21-20-25(3)34(35)37)28(36(30)38(41)43-6-2)18-12-23-44-33-19-11-15-26-14-7-8-16-27(26)33/h7-8,11,14-16,19-21,30H,5-6,9-10,12-13,17-18,22-24H2,1-4H3. The van der Waals surface area contributed by atoms with E-state index in [1.165, 1.54) is 33.2 Å². The zero-order valence-corrected chi connectivity index (χ0v) is 26.6. The number of nitrogens with zero attached hydrogens (tertiary/aromatic N) is 2. The molecule has 1 aliphatic heterocycles. The number of allylic oxidation sites excluding steroid dienone is 1. The predicted molar refractivity (Wildman–Crippen MR) is 176 cm³/mol. The summed E-state index contributed by atoms with van der Waals surface area (Å²) in [5, 5.41) is 7.28. The Kier molecular flexibility index (Phi) is 9.17. The van der Waals surface area contributed by atoms with E-state index in [0.29, 0.717) is 26.4 Å². The Labute approximate surface area is 261 Å². The van der Waals surface area contributed by atoms with Gasteiger partial charge in [-0.05, 0) is 85.2 Å². The molecule has 1 atom stereocenters. The summed E-state index contributed by atoms with van der Waals surface area (Å²) < 4.78 is 20.3. The number of benzene rings is 3. The van der Waals surface area contributed by atoms with Gasteiger partial charge in [-0.25, -0.2) is 4.79 Å². The molecule has 0 fully saturated rings. The Morgan fingerprint density at radius 3 is 2.70 bits per heavy atom. The van der Waals surface area contributed by atoms with Crippen LogP contribution < -0.4 is 4.74 Å². The third kappa shape index (κ3) is 5.68. The fourth-order valence-electron chi connectivity index (χ4n) is 7.18. The lowest BCUT2D eigenvalue weighted by atomic mass is 9.82. The van der Waals surface area contributed by atoms with E-state index in [-0.39, 0.29) is 11.9 Å². The summed E-state index contributed by atoms with van der Waals surface area (Å²) in [6, 6.07) is 19.0. The summed E-state index contributed by atoms with van der Waals surface area (Å²) in [6.45, 7) is 8.44. The first kappa shape index (κ1) is 30.1. The average molecular weight is 593 g/mol. The minimum Gasteiger partial charge on any atom is -0.493 e. The number of ether oxygens (including phenoxy) is 3. The molecule has 44 heavy (non-hydrogen) atoms. The van der Waals surface area contributed by atoms with Crippen molar-refractivity contribution in [1.82, 2.24) is 9.78 Å². The second-order valence-corrected chi connectivity index (χ2v) is 12.0. The molecule has 0 saturated carbocycles. The number of fused-ring (bicyclic) bond motifs is 3. The summed E-state index contributed by atoms with van der Waals surface area (Å²) in [6.07, 6.45) is 6.26. The van der Waals surface area contributed by atoms with E-state index in [1.807, 2.05) is 36.9 Å². The maximum atomic E-state index is 13.8. The van der Waals surface area contributed by atoms with Crippen LogP contribution in [0.5, 0.6) is 5.75 Å². The van der Waals surface area contributed by atoms with Gasteiger partial charge in [-0.2, -0.15) is 5.10 Å². The molecule has 6 heteroatoms. The van der Waals surface area contributed by atoms with Crippen molar-refractivity contribution in [3.63, 3.8) is 0 Å². The summed E-state index contributed by atoms with van der Waals surface area (Å²) in [5.41, 5.74) is 10.3. The smallest absolute Gasteiger partial charge is 0.334 e. The van der Waals surface area contributed by atoms with Crippen molar-refractivity contribution in [3.05, 3.63) is 88.2 Å². The van der Waals surface area contributed by atoms with Gasteiger partial charge in [0.25, 0.3) is 0 Å². The number of carbonyl (C=O) groups is 1. The normalized spacial score (nSPS) is 16.4. The second-order valence-electron chi connectivity index (χ2n) is 12.0. The zero-order valence-electron chi connectivity index (χ0n) is 26.6. The van der Waals surface area contributed by atoms with Crippen molar-refractivity contribution in [2.75, 3.05) is 19.8 Å². The van der Waals surface area contributed by atoms with Gasteiger partial charge in [0, 0.05) is 36.1 Å². The van der Waals surface area contributed by atoms with Crippen molar-refractivity contribution in [1.29, 1.82) is 0 Å². The first-order chi connectivity index (χ1) is 21.5. The third-order valence-electron chi connectivity index (χ3n) is 9.12. The highest BCUT2D eigenvalue weighted by Crippen LogP contribution is 2.52. The number of hydrogen-bond acceptors (Lipinski definition) is 5. The van der Waals surface area contributed by atoms with Crippen LogP contribution in [0.1, 0.15) is 86.4 Å². The van der Waals surface area contributed by atoms with Crippen LogP contribution in [0.2, 0.25) is 0 Å². The minimum atomic E-state index is -0.186. The molecule has 2 heterocycles. The van der Waals surface area contributed by atoms with Crippen LogP contribution in [0.15, 0.2) is 60.2 Å². The Morgan fingerprint density at radius 1 is 1.02 bits per heavy atom. The van der Waals surface area contributed by atoms with E-state index in [1.54, 1.807) is 0 Å². The first-order valence-electron chi connectivity index (χ1n) is 16.3. The van der Waals surface area contributed by atoms with Crippen LogP contribution in [0, 0.1) is 6.92 Å². The molecule has 1 unspecified atom stereocenters. The monoisotopic (exact) mass is 592 g/mol. The lowest BCUT2D eigenvalue weighted by Crippen LogP contribution is -2.14. The van der Waals surface area contributed by atoms with E-state index < -0.39 is 0 Å². The largest absolute Gasteiger partial charge is 0.493 e. The maximum Gasteiger partial charge on any atom is 0.334 e. The molecular formula is C38H44N2O4. The Bertz CT molecular complexity index is 1690. The lowest BCUT2D eigenvalue weighted by molar-refractivity contribution is -0.138. The van der Waals surface area contributed by atoms with Gasteiger partial charge >= 0.3 is 5.97 Å². The molecule has 0 amide bonds. The van der Waals surface area contributed by atoms with E-state index in [9.17, 15) is 4.79 Å². The van der Waals surface area contributed by atoms with Crippen molar-refractivity contribution >= 4 is 22.3 Å². The number of rotatable bonds is 9. The van der Waals surface area contributed by atoms with Crippen LogP contribution in [0.3, 0.4) is 0 Å². The highest BCUT2D eigenvalue weighted by Gasteiger charge is 2.39. The van der Waals surface area contributed by atoms with Gasteiger partial charge in [0.2, 0.25) is 0 Å². The van der Waals surface area contributed by atoms with Crippen LogP contribution in [0.25, 0.3) is 27.5 Å². The summed E-state index contributed by atoms with van der Waals surface area (Å²) in [5.74, 6) is 0.691. The van der Waals surface area contributed by atoms with Crippen molar-refractivity contribution < 1.29 is 19.0 Å². The molecule has 3 aromatic carbocycles. The summed E-state index contributed by atoms with van der Waals surface area (Å²) in [4.78, 5) is 13.8. The molecule has 0 radical (unpaired) electrons. The highest BCUT2D eigenvalue weighted by molar-refractivity contribution is 6.04. The van der Waals surface area contributed by atoms with Gasteiger partial charge in [-0.1, -0.05) is 68.3 Å². The molecule has 0 bridgehead atoms.